The van der Waals surface area contributed by atoms with Crippen LogP contribution in [0.5, 0.6) is 5.75 Å². The van der Waals surface area contributed by atoms with Gasteiger partial charge in [0.25, 0.3) is 0 Å². The van der Waals surface area contributed by atoms with Crippen molar-refractivity contribution in [3.63, 3.8) is 0 Å². The fraction of sp³-hybridized carbons (Fsp3) is 0.400. The van der Waals surface area contributed by atoms with Gasteiger partial charge in [0.15, 0.2) is 0 Å². The normalized spacial score (nSPS) is 30.0. The van der Waals surface area contributed by atoms with Crippen LogP contribution in [-0.4, -0.2) is 24.7 Å². The molecular weight excluding hydrogens is 404 g/mol. The van der Waals surface area contributed by atoms with Crippen molar-refractivity contribution in [3.05, 3.63) is 102 Å². The number of para-hydroxylation sites is 1. The van der Waals surface area contributed by atoms with Gasteiger partial charge < -0.3 is 15.4 Å². The molecule has 0 amide bonds. The van der Waals surface area contributed by atoms with Gasteiger partial charge in [-0.1, -0.05) is 78.9 Å². The Bertz CT molecular complexity index is 1030. The van der Waals surface area contributed by atoms with E-state index in [0.29, 0.717) is 18.0 Å². The summed E-state index contributed by atoms with van der Waals surface area (Å²) in [6.07, 6.45) is 5.27. The first-order chi connectivity index (χ1) is 16.3. The fourth-order valence-electron chi connectivity index (χ4n) is 7.42. The number of nitrogens with one attached hydrogen (secondary N) is 2. The Hall–Kier alpha value is -2.62. The molecule has 0 radical (unpaired) electrons. The molecule has 3 heteroatoms. The molecule has 33 heavy (non-hydrogen) atoms. The predicted molar refractivity (Wildman–Crippen MR) is 133 cm³/mol. The first-order valence-electron chi connectivity index (χ1n) is 12.5. The Morgan fingerprint density at radius 2 is 1.42 bits per heavy atom. The number of hydrogen-bond acceptors (Lipinski definition) is 3. The lowest BCUT2D eigenvalue weighted by Gasteiger charge is -2.60. The minimum atomic E-state index is 0.0892. The third kappa shape index (κ3) is 3.50. The second-order valence-electron chi connectivity index (χ2n) is 10.2. The molecule has 0 spiro atoms. The van der Waals surface area contributed by atoms with Crippen molar-refractivity contribution in [3.8, 4) is 5.75 Å². The van der Waals surface area contributed by atoms with E-state index in [0.717, 1.165) is 24.1 Å². The van der Waals surface area contributed by atoms with Gasteiger partial charge >= 0.3 is 0 Å². The molecule has 3 atom stereocenters. The Morgan fingerprint density at radius 3 is 2.03 bits per heavy atom. The van der Waals surface area contributed by atoms with E-state index >= 15 is 0 Å². The highest BCUT2D eigenvalue weighted by molar-refractivity contribution is 5.39. The number of benzene rings is 3. The van der Waals surface area contributed by atoms with Crippen LogP contribution >= 0.6 is 0 Å². The van der Waals surface area contributed by atoms with Crippen LogP contribution in [0.15, 0.2) is 84.9 Å². The van der Waals surface area contributed by atoms with Crippen LogP contribution in [0.4, 0.5) is 0 Å². The van der Waals surface area contributed by atoms with Crippen LogP contribution in [0.1, 0.15) is 48.3 Å². The lowest BCUT2D eigenvalue weighted by Crippen LogP contribution is -2.75. The summed E-state index contributed by atoms with van der Waals surface area (Å²) in [5, 5.41) is 8.37. The van der Waals surface area contributed by atoms with Crippen molar-refractivity contribution in [2.75, 3.05) is 7.11 Å². The zero-order valence-corrected chi connectivity index (χ0v) is 19.4. The zero-order valence-electron chi connectivity index (χ0n) is 19.4. The average Bonchev–Trinajstić information content (AvgIpc) is 3.11. The van der Waals surface area contributed by atoms with E-state index in [1.807, 2.05) is 0 Å². The minimum Gasteiger partial charge on any atom is -0.496 e. The van der Waals surface area contributed by atoms with E-state index in [9.17, 15) is 0 Å². The van der Waals surface area contributed by atoms with Crippen molar-refractivity contribution < 1.29 is 4.74 Å². The summed E-state index contributed by atoms with van der Waals surface area (Å²) in [5.74, 6) is 2.74. The third-order valence-corrected chi connectivity index (χ3v) is 8.71. The Balaban J connectivity index is 1.43. The molecule has 3 nitrogen and oxygen atoms in total. The molecule has 0 aromatic heterocycles. The number of hydrogen-bond donors (Lipinski definition) is 2. The van der Waals surface area contributed by atoms with Crippen LogP contribution in [0.3, 0.4) is 0 Å². The summed E-state index contributed by atoms with van der Waals surface area (Å²) in [7, 11) is 1.78. The van der Waals surface area contributed by atoms with Gasteiger partial charge in [0.1, 0.15) is 5.75 Å². The van der Waals surface area contributed by atoms with E-state index in [2.05, 4.69) is 95.6 Å². The summed E-state index contributed by atoms with van der Waals surface area (Å²) in [6.45, 7) is 0.843. The maximum absolute atomic E-state index is 5.69. The van der Waals surface area contributed by atoms with Gasteiger partial charge in [0.2, 0.25) is 0 Å². The van der Waals surface area contributed by atoms with Crippen LogP contribution in [-0.2, 0) is 6.54 Å². The largest absolute Gasteiger partial charge is 0.496 e. The van der Waals surface area contributed by atoms with Crippen molar-refractivity contribution in [1.29, 1.82) is 0 Å². The Labute approximate surface area is 197 Å². The van der Waals surface area contributed by atoms with Gasteiger partial charge in [-0.2, -0.15) is 0 Å². The van der Waals surface area contributed by atoms with E-state index in [-0.39, 0.29) is 5.54 Å². The molecule has 2 N–H and O–H groups in total. The molecule has 2 aliphatic heterocycles. The van der Waals surface area contributed by atoms with E-state index in [1.165, 1.54) is 42.4 Å². The number of rotatable bonds is 7. The molecule has 170 valence electrons. The molecule has 3 aromatic carbocycles. The quantitative estimate of drug-likeness (QED) is 0.510. The SMILES string of the molecule is COc1ccccc1CNC12C(C(c3ccccc3)c3ccccc3)NC3C[C@H]1CC[C@@H]2C3. The molecule has 3 aromatic rings. The molecule has 2 aliphatic carbocycles. The lowest BCUT2D eigenvalue weighted by atomic mass is 9.58. The lowest BCUT2D eigenvalue weighted by molar-refractivity contribution is -0.00100. The molecular formula is C30H34N2O. The van der Waals surface area contributed by atoms with Crippen LogP contribution in [0.25, 0.3) is 0 Å². The molecule has 4 bridgehead atoms. The minimum absolute atomic E-state index is 0.0892. The first kappa shape index (κ1) is 20.9. The van der Waals surface area contributed by atoms with Gasteiger partial charge in [0.05, 0.1) is 7.11 Å². The molecule has 2 heterocycles. The maximum atomic E-state index is 5.69. The number of piperidine rings is 2. The third-order valence-electron chi connectivity index (χ3n) is 8.71. The molecule has 1 unspecified atom stereocenters. The monoisotopic (exact) mass is 438 g/mol. The maximum Gasteiger partial charge on any atom is 0.123 e. The molecule has 4 aliphatic rings. The highest BCUT2D eigenvalue weighted by Crippen LogP contribution is 2.57. The Morgan fingerprint density at radius 1 is 0.848 bits per heavy atom. The highest BCUT2D eigenvalue weighted by atomic mass is 16.5. The van der Waals surface area contributed by atoms with Crippen molar-refractivity contribution in [1.82, 2.24) is 10.6 Å². The molecule has 7 rings (SSSR count). The van der Waals surface area contributed by atoms with Gasteiger partial charge in [0, 0.05) is 35.6 Å². The summed E-state index contributed by atoms with van der Waals surface area (Å²) < 4.78 is 5.69. The molecule has 2 saturated heterocycles. The topological polar surface area (TPSA) is 33.3 Å². The summed E-state index contributed by atoms with van der Waals surface area (Å²) in [4.78, 5) is 0. The first-order valence-corrected chi connectivity index (χ1v) is 12.5. The number of ether oxygens (including phenoxy) is 1. The molecule has 4 fully saturated rings. The number of fused-ring (bicyclic) bond motifs is 1. The zero-order chi connectivity index (χ0) is 22.3. The second-order valence-corrected chi connectivity index (χ2v) is 10.2. The van der Waals surface area contributed by atoms with E-state index in [4.69, 9.17) is 4.74 Å². The summed E-state index contributed by atoms with van der Waals surface area (Å²) in [5.41, 5.74) is 4.15. The smallest absolute Gasteiger partial charge is 0.123 e. The highest BCUT2D eigenvalue weighted by Gasteiger charge is 2.63. The van der Waals surface area contributed by atoms with Gasteiger partial charge in [-0.25, -0.2) is 0 Å². The van der Waals surface area contributed by atoms with Crippen molar-refractivity contribution in [2.45, 2.75) is 55.8 Å². The van der Waals surface area contributed by atoms with Gasteiger partial charge in [-0.3, -0.25) is 0 Å². The van der Waals surface area contributed by atoms with Crippen LogP contribution in [0, 0.1) is 11.8 Å². The molecule has 2 saturated carbocycles. The van der Waals surface area contributed by atoms with Gasteiger partial charge in [-0.15, -0.1) is 0 Å². The fourth-order valence-corrected chi connectivity index (χ4v) is 7.42. The average molecular weight is 439 g/mol. The summed E-state index contributed by atoms with van der Waals surface area (Å²) >= 11 is 0. The van der Waals surface area contributed by atoms with E-state index in [1.54, 1.807) is 7.11 Å². The van der Waals surface area contributed by atoms with Crippen LogP contribution < -0.4 is 15.4 Å². The predicted octanol–water partition coefficient (Wildman–Crippen LogP) is 5.52. The standard InChI is InChI=1S/C30H34N2O/c1-33-27-15-9-8-14-23(27)20-31-30-24-16-17-25(30)19-26(18-24)32-29(30)28(21-10-4-2-5-11-21)22-12-6-3-7-13-22/h2-15,24-26,28-29,31-32H,16-20H2,1H3/t24-,25-,26?,29?,30?/m1/s1. The summed E-state index contributed by atoms with van der Waals surface area (Å²) in [6, 6.07) is 31.7. The van der Waals surface area contributed by atoms with Gasteiger partial charge in [-0.05, 0) is 54.7 Å². The number of methoxy groups -OCH3 is 1. The van der Waals surface area contributed by atoms with Crippen LogP contribution in [0.2, 0.25) is 0 Å². The second kappa shape index (κ2) is 8.62. The van der Waals surface area contributed by atoms with Crippen molar-refractivity contribution in [2.24, 2.45) is 11.8 Å². The van der Waals surface area contributed by atoms with Crippen molar-refractivity contribution >= 4 is 0 Å². The Kier molecular flexibility index (Phi) is 5.48. The van der Waals surface area contributed by atoms with E-state index < -0.39 is 0 Å².